The van der Waals surface area contributed by atoms with Gasteiger partial charge in [0.1, 0.15) is 0 Å². The Labute approximate surface area is 142 Å². The van der Waals surface area contributed by atoms with Crippen LogP contribution in [-0.4, -0.2) is 43.9 Å². The van der Waals surface area contributed by atoms with Crippen LogP contribution in [0.3, 0.4) is 0 Å². The van der Waals surface area contributed by atoms with E-state index >= 15 is 0 Å². The van der Waals surface area contributed by atoms with E-state index in [-0.39, 0.29) is 24.2 Å². The van der Waals surface area contributed by atoms with Crippen LogP contribution in [0.25, 0.3) is 0 Å². The van der Waals surface area contributed by atoms with Gasteiger partial charge in [0.25, 0.3) is 0 Å². The third kappa shape index (κ3) is 5.35. The van der Waals surface area contributed by atoms with Gasteiger partial charge in [0, 0.05) is 0 Å². The first-order chi connectivity index (χ1) is 10.5. The van der Waals surface area contributed by atoms with Gasteiger partial charge in [-0.2, -0.15) is 0 Å². The summed E-state index contributed by atoms with van der Waals surface area (Å²) in [7, 11) is -2.03. The van der Waals surface area contributed by atoms with Crippen LogP contribution in [0.1, 0.15) is 45.1 Å². The molecular formula is C15H27AsN2O4S. The standard InChI is InChI=1S/C15H27AsN2O4S/c1-7-15(2,3)10-12-11-18(23(20,21)16(4)5)13(17-12)8-9-14(19)22-6/h11H,7-10H2,1-6H3. The van der Waals surface area contributed by atoms with Crippen molar-refractivity contribution < 1.29 is 17.9 Å². The predicted molar refractivity (Wildman–Crippen MR) is 92.1 cm³/mol. The first-order valence-electron chi connectivity index (χ1n) is 7.60. The zero-order valence-corrected chi connectivity index (χ0v) is 17.5. The Bertz CT molecular complexity index is 650. The summed E-state index contributed by atoms with van der Waals surface area (Å²) in [5.74, 6) is 0.0650. The Hall–Kier alpha value is -0.812. The van der Waals surface area contributed by atoms with Crippen LogP contribution in [-0.2, 0) is 30.7 Å². The van der Waals surface area contributed by atoms with Gasteiger partial charge >= 0.3 is 143 Å². The molecule has 6 nitrogen and oxygen atoms in total. The van der Waals surface area contributed by atoms with Gasteiger partial charge < -0.3 is 0 Å². The molecular weight excluding hydrogens is 379 g/mol. The van der Waals surface area contributed by atoms with Gasteiger partial charge in [-0.1, -0.05) is 0 Å². The minimum atomic E-state index is -3.36. The quantitative estimate of drug-likeness (QED) is 0.489. The molecule has 8 heteroatoms. The number of esters is 1. The van der Waals surface area contributed by atoms with E-state index in [1.165, 1.54) is 11.1 Å². The summed E-state index contributed by atoms with van der Waals surface area (Å²) < 4.78 is 31.1. The van der Waals surface area contributed by atoms with E-state index in [1.54, 1.807) is 17.6 Å². The third-order valence-corrected chi connectivity index (χ3v) is 12.6. The summed E-state index contributed by atoms with van der Waals surface area (Å²) in [5.41, 5.74) is 4.37. The van der Waals surface area contributed by atoms with E-state index < -0.39 is 21.8 Å². The summed E-state index contributed by atoms with van der Waals surface area (Å²) >= 11 is -2.03. The molecule has 0 aliphatic rings. The number of rotatable bonds is 8. The molecule has 0 amide bonds. The fraction of sp³-hybridized carbons (Fsp3) is 0.733. The van der Waals surface area contributed by atoms with Gasteiger partial charge in [0.05, 0.1) is 0 Å². The van der Waals surface area contributed by atoms with Crippen molar-refractivity contribution in [1.82, 2.24) is 8.96 Å². The first-order valence-corrected chi connectivity index (χ1v) is 15.1. The van der Waals surface area contributed by atoms with Gasteiger partial charge in [-0.05, 0) is 0 Å². The van der Waals surface area contributed by atoms with Crippen molar-refractivity contribution in [2.45, 2.75) is 57.9 Å². The molecule has 0 radical (unpaired) electrons. The number of aromatic nitrogens is 2. The molecule has 1 aromatic heterocycles. The second kappa shape index (κ2) is 7.84. The molecule has 0 unspecified atom stereocenters. The van der Waals surface area contributed by atoms with E-state index in [0.29, 0.717) is 12.2 Å². The number of hydrogen-bond donors (Lipinski definition) is 0. The Kier molecular flexibility index (Phi) is 6.90. The van der Waals surface area contributed by atoms with Crippen LogP contribution in [0.2, 0.25) is 11.4 Å². The van der Waals surface area contributed by atoms with Crippen molar-refractivity contribution in [3.8, 4) is 0 Å². The molecule has 0 fully saturated rings. The molecule has 0 atom stereocenters. The average Bonchev–Trinajstić information content (AvgIpc) is 2.87. The van der Waals surface area contributed by atoms with Crippen molar-refractivity contribution in [2.24, 2.45) is 5.41 Å². The second-order valence-electron chi connectivity index (χ2n) is 6.51. The van der Waals surface area contributed by atoms with Crippen LogP contribution < -0.4 is 0 Å². The Morgan fingerprint density at radius 1 is 1.39 bits per heavy atom. The summed E-state index contributed by atoms with van der Waals surface area (Å²) in [4.78, 5) is 15.9. The molecule has 1 aromatic rings. The molecule has 0 aromatic carbocycles. The van der Waals surface area contributed by atoms with Crippen LogP contribution in [0.5, 0.6) is 0 Å². The third-order valence-electron chi connectivity index (χ3n) is 3.90. The van der Waals surface area contributed by atoms with Gasteiger partial charge in [-0.3, -0.25) is 0 Å². The Balaban J connectivity index is 3.19. The number of nitrogens with zero attached hydrogens (tertiary/aromatic N) is 2. The van der Waals surface area contributed by atoms with Gasteiger partial charge in [-0.15, -0.1) is 0 Å². The number of aryl methyl sites for hydroxylation is 1. The number of ether oxygens (including phenoxy) is 1. The Morgan fingerprint density at radius 2 is 2.00 bits per heavy atom. The zero-order chi connectivity index (χ0) is 17.8. The van der Waals surface area contributed by atoms with Crippen molar-refractivity contribution in [2.75, 3.05) is 7.11 Å². The fourth-order valence-electron chi connectivity index (χ4n) is 2.01. The SMILES string of the molecule is CCC(C)(C)Cc1cn(S(=O)(=O)[As](C)C)c(CCC(=O)OC)n1. The second-order valence-corrected chi connectivity index (χ2v) is 17.9. The van der Waals surface area contributed by atoms with Crippen LogP contribution >= 0.6 is 0 Å². The van der Waals surface area contributed by atoms with Crippen LogP contribution in [0, 0.1) is 5.41 Å². The number of hydrogen-bond acceptors (Lipinski definition) is 5. The van der Waals surface area contributed by atoms with Gasteiger partial charge in [0.2, 0.25) is 0 Å². The molecule has 0 aliphatic heterocycles. The monoisotopic (exact) mass is 406 g/mol. The number of imidazole rings is 1. The maximum atomic E-state index is 12.6. The number of carbonyl (C=O) groups is 1. The summed E-state index contributed by atoms with van der Waals surface area (Å²) in [6, 6.07) is 0. The predicted octanol–water partition coefficient (Wildman–Crippen LogP) is 2.40. The van der Waals surface area contributed by atoms with Crippen molar-refractivity contribution in [3.05, 3.63) is 17.7 Å². The molecule has 0 N–H and O–H groups in total. The fourth-order valence-corrected chi connectivity index (χ4v) is 6.12. The summed E-state index contributed by atoms with van der Waals surface area (Å²) in [6.07, 6.45) is 3.70. The average molecular weight is 406 g/mol. The maximum absolute atomic E-state index is 12.6. The molecule has 1 rings (SSSR count). The van der Waals surface area contributed by atoms with Gasteiger partial charge in [-0.25, -0.2) is 0 Å². The van der Waals surface area contributed by atoms with Crippen LogP contribution in [0.15, 0.2) is 6.20 Å². The molecule has 0 spiro atoms. The van der Waals surface area contributed by atoms with Crippen molar-refractivity contribution in [3.63, 3.8) is 0 Å². The van der Waals surface area contributed by atoms with Crippen molar-refractivity contribution in [1.29, 1.82) is 0 Å². The molecule has 0 saturated carbocycles. The molecule has 23 heavy (non-hydrogen) atoms. The summed E-state index contributed by atoms with van der Waals surface area (Å²) in [6.45, 7) is 6.37. The summed E-state index contributed by atoms with van der Waals surface area (Å²) in [5, 5.41) is 0. The molecule has 132 valence electrons. The molecule has 1 heterocycles. The minimum absolute atomic E-state index is 0.0540. The Morgan fingerprint density at radius 3 is 2.48 bits per heavy atom. The van der Waals surface area contributed by atoms with E-state index in [4.69, 9.17) is 0 Å². The zero-order valence-electron chi connectivity index (χ0n) is 14.8. The van der Waals surface area contributed by atoms with Crippen LogP contribution in [0.4, 0.5) is 0 Å². The molecule has 0 saturated heterocycles. The first kappa shape index (κ1) is 20.2. The van der Waals surface area contributed by atoms with Gasteiger partial charge in [0.15, 0.2) is 0 Å². The number of carbonyl (C=O) groups excluding carboxylic acids is 1. The van der Waals surface area contributed by atoms with E-state index in [9.17, 15) is 13.2 Å². The van der Waals surface area contributed by atoms with Crippen molar-refractivity contribution >= 4 is 27.8 Å². The topological polar surface area (TPSA) is 78.3 Å². The number of methoxy groups -OCH3 is 1. The van der Waals surface area contributed by atoms with E-state index in [1.807, 2.05) is 0 Å². The molecule has 0 bridgehead atoms. The van der Waals surface area contributed by atoms with E-state index in [2.05, 4.69) is 30.5 Å². The normalized spacial score (nSPS) is 12.7. The van der Waals surface area contributed by atoms with E-state index in [0.717, 1.165) is 12.1 Å². The molecule has 0 aliphatic carbocycles.